The molecule has 0 unspecified atom stereocenters. The third-order valence-corrected chi connectivity index (χ3v) is 4.96. The zero-order valence-electron chi connectivity index (χ0n) is 14.8. The quantitative estimate of drug-likeness (QED) is 0.227. The zero-order chi connectivity index (χ0) is 20.2. The van der Waals surface area contributed by atoms with E-state index in [4.69, 9.17) is 0 Å². The summed E-state index contributed by atoms with van der Waals surface area (Å²) in [5.74, 6) is 0.410. The summed E-state index contributed by atoms with van der Waals surface area (Å²) in [6.07, 6.45) is 4.72. The highest BCUT2D eigenvalue weighted by molar-refractivity contribution is 7.99. The molecule has 0 saturated heterocycles. The summed E-state index contributed by atoms with van der Waals surface area (Å²) < 4.78 is 0. The van der Waals surface area contributed by atoms with Gasteiger partial charge in [0.25, 0.3) is 5.69 Å². The van der Waals surface area contributed by atoms with Crippen molar-refractivity contribution in [2.24, 2.45) is 0 Å². The summed E-state index contributed by atoms with van der Waals surface area (Å²) in [4.78, 5) is 27.2. The summed E-state index contributed by atoms with van der Waals surface area (Å²) in [6, 6.07) is 16.0. The Bertz CT molecular complexity index is 1240. The smallest absolute Gasteiger partial charge is 0.283 e. The van der Waals surface area contributed by atoms with Gasteiger partial charge in [-0.3, -0.25) is 10.1 Å². The van der Waals surface area contributed by atoms with E-state index in [1.165, 1.54) is 6.07 Å². The van der Waals surface area contributed by atoms with E-state index in [2.05, 4.69) is 26.0 Å². The average Bonchev–Trinajstić information content (AvgIpc) is 3.17. The lowest BCUT2D eigenvalue weighted by atomic mass is 10.1. The molecule has 0 saturated carbocycles. The zero-order valence-corrected chi connectivity index (χ0v) is 15.6. The van der Waals surface area contributed by atoms with Crippen molar-refractivity contribution in [2.45, 2.75) is 10.1 Å². The van der Waals surface area contributed by atoms with E-state index in [-0.39, 0.29) is 11.3 Å². The Morgan fingerprint density at radius 3 is 2.69 bits per heavy atom. The van der Waals surface area contributed by atoms with Crippen LogP contribution in [0.4, 0.5) is 5.69 Å². The first-order chi connectivity index (χ1) is 14.1. The minimum Gasteiger partial charge on any atom is -0.337 e. The van der Waals surface area contributed by atoms with E-state index in [0.717, 1.165) is 22.8 Å². The standard InChI is InChI=1S/C20H12N6O2S/c21-12-14(19-24-15-4-1-2-5-16(15)25-19)10-13-6-7-18(17(11-13)26(27)28)29-20-22-8-3-9-23-20/h1-11H,(H,24,25). The van der Waals surface area contributed by atoms with Crippen LogP contribution in [0, 0.1) is 21.4 Å². The topological polar surface area (TPSA) is 121 Å². The Morgan fingerprint density at radius 1 is 1.17 bits per heavy atom. The lowest BCUT2D eigenvalue weighted by molar-refractivity contribution is -0.387. The van der Waals surface area contributed by atoms with Gasteiger partial charge in [-0.2, -0.15) is 5.26 Å². The van der Waals surface area contributed by atoms with Crippen molar-refractivity contribution >= 4 is 40.1 Å². The Balaban J connectivity index is 1.71. The number of fused-ring (bicyclic) bond motifs is 1. The molecule has 0 fully saturated rings. The fraction of sp³-hybridized carbons (Fsp3) is 0. The van der Waals surface area contributed by atoms with Crippen LogP contribution >= 0.6 is 11.8 Å². The molecule has 0 aliphatic heterocycles. The monoisotopic (exact) mass is 400 g/mol. The highest BCUT2D eigenvalue weighted by Gasteiger charge is 2.17. The number of nitriles is 1. The van der Waals surface area contributed by atoms with Crippen LogP contribution in [0.25, 0.3) is 22.7 Å². The molecule has 0 atom stereocenters. The van der Waals surface area contributed by atoms with Gasteiger partial charge in [0.15, 0.2) is 5.16 Å². The number of nitro benzene ring substituents is 1. The van der Waals surface area contributed by atoms with E-state index < -0.39 is 4.92 Å². The largest absolute Gasteiger partial charge is 0.337 e. The van der Waals surface area contributed by atoms with Crippen LogP contribution in [-0.4, -0.2) is 24.9 Å². The fourth-order valence-electron chi connectivity index (χ4n) is 2.69. The molecule has 9 heteroatoms. The molecule has 4 aromatic rings. The molecule has 29 heavy (non-hydrogen) atoms. The van der Waals surface area contributed by atoms with Gasteiger partial charge in [0.2, 0.25) is 0 Å². The highest BCUT2D eigenvalue weighted by atomic mass is 32.2. The number of aromatic amines is 1. The van der Waals surface area contributed by atoms with Gasteiger partial charge >= 0.3 is 0 Å². The predicted molar refractivity (Wildman–Crippen MR) is 109 cm³/mol. The predicted octanol–water partition coefficient (Wildman–Crippen LogP) is 4.48. The van der Waals surface area contributed by atoms with Gasteiger partial charge in [0.1, 0.15) is 11.9 Å². The van der Waals surface area contributed by atoms with Crippen LogP contribution < -0.4 is 0 Å². The van der Waals surface area contributed by atoms with E-state index in [0.29, 0.717) is 21.4 Å². The van der Waals surface area contributed by atoms with Crippen LogP contribution in [0.15, 0.2) is 71.0 Å². The molecule has 2 aromatic carbocycles. The average molecular weight is 400 g/mol. The number of H-pyrrole nitrogens is 1. The Hall–Kier alpha value is -4.03. The van der Waals surface area contributed by atoms with Crippen molar-refractivity contribution in [3.05, 3.63) is 82.4 Å². The highest BCUT2D eigenvalue weighted by Crippen LogP contribution is 2.34. The number of rotatable bonds is 5. The Kier molecular flexibility index (Phi) is 5.01. The Labute approximate surface area is 169 Å². The van der Waals surface area contributed by atoms with E-state index >= 15 is 0 Å². The fourth-order valence-corrected chi connectivity index (χ4v) is 3.49. The minimum atomic E-state index is -0.462. The van der Waals surface area contributed by atoms with E-state index in [9.17, 15) is 15.4 Å². The molecule has 0 aliphatic rings. The lowest BCUT2D eigenvalue weighted by Gasteiger charge is -2.03. The second-order valence-corrected chi connectivity index (χ2v) is 6.90. The third-order valence-electron chi connectivity index (χ3n) is 4.00. The summed E-state index contributed by atoms with van der Waals surface area (Å²) in [6.45, 7) is 0. The number of hydrogen-bond donors (Lipinski definition) is 1. The van der Waals surface area contributed by atoms with Crippen molar-refractivity contribution in [1.82, 2.24) is 19.9 Å². The van der Waals surface area contributed by atoms with Crippen molar-refractivity contribution in [1.29, 1.82) is 5.26 Å². The van der Waals surface area contributed by atoms with E-state index in [1.54, 1.807) is 36.7 Å². The number of para-hydroxylation sites is 2. The second-order valence-electron chi connectivity index (χ2n) is 5.89. The Morgan fingerprint density at radius 2 is 1.97 bits per heavy atom. The molecule has 4 rings (SSSR count). The number of aromatic nitrogens is 4. The summed E-state index contributed by atoms with van der Waals surface area (Å²) >= 11 is 1.11. The minimum absolute atomic E-state index is 0.0851. The maximum Gasteiger partial charge on any atom is 0.283 e. The summed E-state index contributed by atoms with van der Waals surface area (Å²) in [5, 5.41) is 21.5. The van der Waals surface area contributed by atoms with Gasteiger partial charge in [-0.15, -0.1) is 0 Å². The molecule has 1 N–H and O–H groups in total. The molecule has 0 aliphatic carbocycles. The molecule has 0 amide bonds. The molecule has 2 aromatic heterocycles. The summed E-state index contributed by atoms with van der Waals surface area (Å²) in [7, 11) is 0. The molecule has 8 nitrogen and oxygen atoms in total. The van der Waals surface area contributed by atoms with Crippen LogP contribution in [0.5, 0.6) is 0 Å². The van der Waals surface area contributed by atoms with Gasteiger partial charge in [-0.1, -0.05) is 18.2 Å². The van der Waals surface area contributed by atoms with Crippen LogP contribution in [-0.2, 0) is 0 Å². The maximum absolute atomic E-state index is 11.6. The molecule has 140 valence electrons. The first-order valence-corrected chi connectivity index (χ1v) is 9.26. The number of hydrogen-bond acceptors (Lipinski definition) is 7. The normalized spacial score (nSPS) is 11.3. The third kappa shape index (κ3) is 3.97. The second kappa shape index (κ2) is 7.92. The van der Waals surface area contributed by atoms with Crippen LogP contribution in [0.2, 0.25) is 0 Å². The SMILES string of the molecule is N#CC(=Cc1ccc(Sc2ncccn2)c([N+](=O)[O-])c1)c1nc2ccccc2[nH]1. The number of nitrogens with one attached hydrogen (secondary N) is 1. The first-order valence-electron chi connectivity index (χ1n) is 8.44. The van der Waals surface area contributed by atoms with Crippen molar-refractivity contribution < 1.29 is 4.92 Å². The maximum atomic E-state index is 11.6. The molecule has 0 radical (unpaired) electrons. The molecule has 0 spiro atoms. The van der Waals surface area contributed by atoms with Crippen molar-refractivity contribution in [3.63, 3.8) is 0 Å². The van der Waals surface area contributed by atoms with Gasteiger partial charge in [-0.25, -0.2) is 15.0 Å². The number of benzene rings is 2. The van der Waals surface area contributed by atoms with Gasteiger partial charge in [-0.05, 0) is 47.7 Å². The number of imidazole rings is 1. The van der Waals surface area contributed by atoms with Crippen LogP contribution in [0.1, 0.15) is 11.4 Å². The van der Waals surface area contributed by atoms with Gasteiger partial charge in [0, 0.05) is 18.5 Å². The number of nitrogens with zero attached hydrogens (tertiary/aromatic N) is 5. The number of allylic oxidation sites excluding steroid dienone is 1. The summed E-state index contributed by atoms with van der Waals surface area (Å²) in [5.41, 5.74) is 2.26. The van der Waals surface area contributed by atoms with E-state index in [1.807, 2.05) is 24.3 Å². The first kappa shape index (κ1) is 18.3. The van der Waals surface area contributed by atoms with Gasteiger partial charge < -0.3 is 4.98 Å². The lowest BCUT2D eigenvalue weighted by Crippen LogP contribution is -1.93. The molecule has 0 bridgehead atoms. The van der Waals surface area contributed by atoms with Crippen molar-refractivity contribution in [2.75, 3.05) is 0 Å². The molecular formula is C20H12N6O2S. The number of nitro groups is 1. The van der Waals surface area contributed by atoms with Crippen molar-refractivity contribution in [3.8, 4) is 6.07 Å². The molecular weight excluding hydrogens is 388 g/mol. The molecule has 2 heterocycles. The van der Waals surface area contributed by atoms with Gasteiger partial charge in [0.05, 0.1) is 26.4 Å². The van der Waals surface area contributed by atoms with Crippen LogP contribution in [0.3, 0.4) is 0 Å².